The fourth-order valence-corrected chi connectivity index (χ4v) is 3.44. The molecule has 0 aliphatic carbocycles. The lowest BCUT2D eigenvalue weighted by Crippen LogP contribution is -2.54. The van der Waals surface area contributed by atoms with Crippen LogP contribution in [-0.2, 0) is 4.79 Å². The molecule has 10 heteroatoms. The van der Waals surface area contributed by atoms with Crippen LogP contribution in [-0.4, -0.2) is 44.6 Å². The number of carbonyl (C=O) groups is 2. The van der Waals surface area contributed by atoms with E-state index in [-0.39, 0.29) is 6.04 Å². The summed E-state index contributed by atoms with van der Waals surface area (Å²) in [4.78, 5) is 35.5. The van der Waals surface area contributed by atoms with Crippen molar-refractivity contribution in [3.05, 3.63) is 84.5 Å². The Morgan fingerprint density at radius 2 is 1.97 bits per heavy atom. The van der Waals surface area contributed by atoms with Gasteiger partial charge in [-0.3, -0.25) is 15.1 Å². The van der Waals surface area contributed by atoms with Gasteiger partial charge in [-0.05, 0) is 62.4 Å². The van der Waals surface area contributed by atoms with Crippen LogP contribution in [0.2, 0.25) is 0 Å². The largest absolute Gasteiger partial charge is 0.479 e. The first-order valence-corrected chi connectivity index (χ1v) is 10.5. The van der Waals surface area contributed by atoms with Crippen molar-refractivity contribution in [2.45, 2.75) is 19.9 Å². The number of pyridine rings is 1. The van der Waals surface area contributed by atoms with Gasteiger partial charge in [0.1, 0.15) is 11.5 Å². The number of anilines is 1. The molecule has 1 N–H and O–H groups in total. The molecule has 1 atom stereocenters. The molecule has 1 aromatic carbocycles. The van der Waals surface area contributed by atoms with Crippen molar-refractivity contribution in [1.29, 1.82) is 0 Å². The molecule has 0 saturated heterocycles. The fraction of sp³-hybridized carbons (Fsp3) is 0.167. The number of nitrogens with zero attached hydrogens (tertiary/aromatic N) is 5. The van der Waals surface area contributed by atoms with Gasteiger partial charge in [-0.15, -0.1) is 0 Å². The lowest BCUT2D eigenvalue weighted by Gasteiger charge is -2.35. The van der Waals surface area contributed by atoms with Crippen LogP contribution in [0.25, 0.3) is 11.8 Å². The van der Waals surface area contributed by atoms with E-state index in [0.29, 0.717) is 22.9 Å². The van der Waals surface area contributed by atoms with Gasteiger partial charge in [-0.2, -0.15) is 0 Å². The third-order valence-electron chi connectivity index (χ3n) is 5.12. The summed E-state index contributed by atoms with van der Waals surface area (Å²) in [5.74, 6) is -0.551. The summed E-state index contributed by atoms with van der Waals surface area (Å²) < 4.78 is 20.4. The summed E-state index contributed by atoms with van der Waals surface area (Å²) in [7, 11) is 1.51. The molecule has 4 rings (SSSR count). The number of imidazole rings is 1. The minimum atomic E-state index is -0.526. The number of benzene rings is 1. The molecule has 1 aliphatic heterocycles. The molecule has 3 amide bonds. The number of methoxy groups -OCH3 is 1. The Kier molecular flexibility index (Phi) is 6.39. The number of rotatable bonds is 6. The van der Waals surface area contributed by atoms with Crippen molar-refractivity contribution in [2.75, 3.05) is 12.0 Å². The van der Waals surface area contributed by atoms with Gasteiger partial charge in [0.15, 0.2) is 0 Å². The summed E-state index contributed by atoms with van der Waals surface area (Å²) in [5, 5.41) is 1.08. The normalized spacial score (nSPS) is 15.8. The molecule has 2 aromatic heterocycles. The number of aryl methyl sites for hydroxylation is 1. The zero-order valence-corrected chi connectivity index (χ0v) is 18.8. The average Bonchev–Trinajstić information content (AvgIpc) is 3.26. The SMILES string of the molecule is COc1nc(C=CC(=O)NN2C=CC(C)N(c3ccc(F)cc3)C2=O)ccc1-n1cnc(C)c1. The Labute approximate surface area is 195 Å². The lowest BCUT2D eigenvalue weighted by atomic mass is 10.2. The highest BCUT2D eigenvalue weighted by Crippen LogP contribution is 2.23. The summed E-state index contributed by atoms with van der Waals surface area (Å²) >= 11 is 0. The van der Waals surface area contributed by atoms with Crippen molar-refractivity contribution in [2.24, 2.45) is 0 Å². The van der Waals surface area contributed by atoms with E-state index in [2.05, 4.69) is 15.4 Å². The van der Waals surface area contributed by atoms with E-state index in [4.69, 9.17) is 4.74 Å². The van der Waals surface area contributed by atoms with E-state index in [1.165, 1.54) is 54.6 Å². The molecule has 0 radical (unpaired) electrons. The number of aromatic nitrogens is 3. The second-order valence-electron chi connectivity index (χ2n) is 7.58. The van der Waals surface area contributed by atoms with Crippen LogP contribution < -0.4 is 15.1 Å². The Bertz CT molecular complexity index is 1270. The second kappa shape index (κ2) is 9.57. The molecule has 0 spiro atoms. The maximum Gasteiger partial charge on any atom is 0.347 e. The zero-order chi connectivity index (χ0) is 24.2. The second-order valence-corrected chi connectivity index (χ2v) is 7.58. The third-order valence-corrected chi connectivity index (χ3v) is 5.12. The van der Waals surface area contributed by atoms with Crippen molar-refractivity contribution in [3.8, 4) is 11.6 Å². The maximum absolute atomic E-state index is 13.3. The molecule has 0 fully saturated rings. The van der Waals surface area contributed by atoms with E-state index < -0.39 is 17.8 Å². The van der Waals surface area contributed by atoms with Gasteiger partial charge in [0.2, 0.25) is 5.88 Å². The highest BCUT2D eigenvalue weighted by atomic mass is 19.1. The van der Waals surface area contributed by atoms with Crippen LogP contribution in [0.5, 0.6) is 5.88 Å². The van der Waals surface area contributed by atoms with Crippen LogP contribution in [0, 0.1) is 12.7 Å². The van der Waals surface area contributed by atoms with Crippen molar-refractivity contribution in [3.63, 3.8) is 0 Å². The van der Waals surface area contributed by atoms with Gasteiger partial charge in [0.05, 0.1) is 30.9 Å². The first kappa shape index (κ1) is 22.7. The molecule has 1 aliphatic rings. The smallest absolute Gasteiger partial charge is 0.347 e. The van der Waals surface area contributed by atoms with Crippen molar-refractivity contribution >= 4 is 23.7 Å². The fourth-order valence-electron chi connectivity index (χ4n) is 3.44. The lowest BCUT2D eigenvalue weighted by molar-refractivity contribution is -0.119. The van der Waals surface area contributed by atoms with Crippen LogP contribution >= 0.6 is 0 Å². The van der Waals surface area contributed by atoms with Gasteiger partial charge in [0, 0.05) is 24.2 Å². The number of carbonyl (C=O) groups excluding carboxylic acids is 2. The van der Waals surface area contributed by atoms with E-state index >= 15 is 0 Å². The van der Waals surface area contributed by atoms with E-state index in [9.17, 15) is 14.0 Å². The molecule has 174 valence electrons. The number of urea groups is 1. The van der Waals surface area contributed by atoms with Gasteiger partial charge < -0.3 is 9.30 Å². The van der Waals surface area contributed by atoms with Crippen LogP contribution in [0.3, 0.4) is 0 Å². The Morgan fingerprint density at radius 1 is 1.21 bits per heavy atom. The number of hydrazine groups is 1. The zero-order valence-electron chi connectivity index (χ0n) is 18.8. The standard InChI is InChI=1S/C24H23FN6O3/c1-16-14-29(15-26-16)21-10-6-19(27-23(21)34-3)7-11-22(32)28-30-13-12-17(2)31(24(30)33)20-8-4-18(25)5-9-20/h4-15,17H,1-3H3,(H,28,32). The maximum atomic E-state index is 13.3. The predicted octanol–water partition coefficient (Wildman–Crippen LogP) is 3.61. The molecular formula is C24H23FN6O3. The van der Waals surface area contributed by atoms with Crippen molar-refractivity contribution < 1.29 is 18.7 Å². The molecular weight excluding hydrogens is 439 g/mol. The number of hydrogen-bond acceptors (Lipinski definition) is 5. The van der Waals surface area contributed by atoms with Crippen LogP contribution in [0.1, 0.15) is 18.3 Å². The molecule has 0 saturated carbocycles. The molecule has 9 nitrogen and oxygen atoms in total. The van der Waals surface area contributed by atoms with E-state index in [1.807, 2.05) is 26.1 Å². The molecule has 1 unspecified atom stereocenters. The third kappa shape index (κ3) is 4.80. The van der Waals surface area contributed by atoms with Gasteiger partial charge in [-0.25, -0.2) is 24.2 Å². The van der Waals surface area contributed by atoms with Gasteiger partial charge in [0.25, 0.3) is 5.91 Å². The summed E-state index contributed by atoms with van der Waals surface area (Å²) in [5.41, 5.74) is 5.10. The highest BCUT2D eigenvalue weighted by molar-refractivity contribution is 5.98. The topological polar surface area (TPSA) is 92.6 Å². The van der Waals surface area contributed by atoms with Crippen LogP contribution in [0.15, 0.2) is 67.3 Å². The van der Waals surface area contributed by atoms with E-state index in [1.54, 1.807) is 23.0 Å². The monoisotopic (exact) mass is 462 g/mol. The van der Waals surface area contributed by atoms with E-state index in [0.717, 1.165) is 10.7 Å². The number of amides is 3. The molecule has 3 heterocycles. The Morgan fingerprint density at radius 3 is 2.65 bits per heavy atom. The number of halogens is 1. The number of ether oxygens (including phenoxy) is 1. The molecule has 34 heavy (non-hydrogen) atoms. The first-order chi connectivity index (χ1) is 16.4. The Hall–Kier alpha value is -4.47. The summed E-state index contributed by atoms with van der Waals surface area (Å²) in [6.07, 6.45) is 9.53. The highest BCUT2D eigenvalue weighted by Gasteiger charge is 2.29. The molecule has 0 bridgehead atoms. The minimum Gasteiger partial charge on any atom is -0.479 e. The Balaban J connectivity index is 1.46. The van der Waals surface area contributed by atoms with Gasteiger partial charge in [-0.1, -0.05) is 0 Å². The van der Waals surface area contributed by atoms with Crippen LogP contribution in [0.4, 0.5) is 14.9 Å². The summed E-state index contributed by atoms with van der Waals surface area (Å²) in [6.45, 7) is 3.71. The minimum absolute atomic E-state index is 0.267. The number of hydrogen-bond donors (Lipinski definition) is 1. The quantitative estimate of drug-likeness (QED) is 0.565. The predicted molar refractivity (Wildman–Crippen MR) is 125 cm³/mol. The van der Waals surface area contributed by atoms with Crippen molar-refractivity contribution in [1.82, 2.24) is 25.0 Å². The number of nitrogens with one attached hydrogen (secondary N) is 1. The molecule has 3 aromatic rings. The summed E-state index contributed by atoms with van der Waals surface area (Å²) in [6, 6.07) is 8.39. The first-order valence-electron chi connectivity index (χ1n) is 10.5. The average molecular weight is 462 g/mol. The van der Waals surface area contributed by atoms with Gasteiger partial charge >= 0.3 is 6.03 Å².